The number of aromatic nitrogens is 1. The lowest BCUT2D eigenvalue weighted by Crippen LogP contribution is -2.39. The molecule has 0 saturated carbocycles. The van der Waals surface area contributed by atoms with Gasteiger partial charge in [-0.1, -0.05) is 0 Å². The number of carboxylic acid groups (broad SMARTS) is 1. The molecule has 0 amide bonds. The Labute approximate surface area is 202 Å². The van der Waals surface area contributed by atoms with E-state index in [-0.39, 0.29) is 25.5 Å². The van der Waals surface area contributed by atoms with Crippen LogP contribution in [0.4, 0.5) is 16.5 Å². The van der Waals surface area contributed by atoms with Gasteiger partial charge in [0.2, 0.25) is 0 Å². The second kappa shape index (κ2) is 15.4. The number of ether oxygens (including phenoxy) is 3. The molecule has 34 heavy (non-hydrogen) atoms. The predicted octanol–water partition coefficient (Wildman–Crippen LogP) is 0.501. The van der Waals surface area contributed by atoms with Gasteiger partial charge in [-0.25, -0.2) is 4.57 Å². The summed E-state index contributed by atoms with van der Waals surface area (Å²) in [6, 6.07) is 5.77. The first-order valence-electron chi connectivity index (χ1n) is 10.9. The molecule has 0 aliphatic rings. The summed E-state index contributed by atoms with van der Waals surface area (Å²) < 4.78 is 17.7. The molecule has 0 atom stereocenters. The molecular weight excluding hydrogens is 464 g/mol. The molecule has 12 heteroatoms. The van der Waals surface area contributed by atoms with Crippen molar-refractivity contribution in [3.05, 3.63) is 34.8 Å². The van der Waals surface area contributed by atoms with Gasteiger partial charge in [-0.3, -0.25) is 0 Å². The van der Waals surface area contributed by atoms with E-state index in [4.69, 9.17) is 24.4 Å². The van der Waals surface area contributed by atoms with Crippen LogP contribution in [0.25, 0.3) is 0 Å². The average Bonchev–Trinajstić information content (AvgIpc) is 3.19. The van der Waals surface area contributed by atoms with E-state index in [9.17, 15) is 9.90 Å². The maximum absolute atomic E-state index is 11.1. The zero-order valence-corrected chi connectivity index (χ0v) is 20.3. The van der Waals surface area contributed by atoms with Crippen LogP contribution in [0.15, 0.2) is 33.8 Å². The van der Waals surface area contributed by atoms with Crippen LogP contribution >= 0.6 is 11.3 Å². The summed E-state index contributed by atoms with van der Waals surface area (Å²) in [5.41, 5.74) is 2.58. The third-order valence-corrected chi connectivity index (χ3v) is 5.68. The summed E-state index contributed by atoms with van der Waals surface area (Å²) in [6.45, 7) is 5.50. The van der Waals surface area contributed by atoms with Gasteiger partial charge in [0.1, 0.15) is 11.7 Å². The number of aromatic carboxylic acids is 1. The molecule has 0 aliphatic carbocycles. The van der Waals surface area contributed by atoms with Gasteiger partial charge < -0.3 is 39.2 Å². The van der Waals surface area contributed by atoms with Gasteiger partial charge in [-0.05, 0) is 47.1 Å². The lowest BCUT2D eigenvalue weighted by Gasteiger charge is -2.25. The van der Waals surface area contributed by atoms with Crippen molar-refractivity contribution in [1.82, 2.24) is 0 Å². The van der Waals surface area contributed by atoms with Gasteiger partial charge in [-0.2, -0.15) is 0 Å². The number of thiazole rings is 1. The Morgan fingerprint density at radius 3 is 2.21 bits per heavy atom. The number of aryl methyl sites for hydroxylation is 1. The largest absolute Gasteiger partial charge is 0.541 e. The lowest BCUT2D eigenvalue weighted by molar-refractivity contribution is -0.658. The number of aliphatic hydroxyl groups excluding tert-OH is 2. The van der Waals surface area contributed by atoms with E-state index >= 15 is 0 Å². The summed E-state index contributed by atoms with van der Waals surface area (Å²) in [7, 11) is 1.60. The molecule has 0 unspecified atom stereocenters. The topological polar surface area (TPSA) is 140 Å². The highest BCUT2D eigenvalue weighted by molar-refractivity contribution is 7.13. The van der Waals surface area contributed by atoms with Gasteiger partial charge in [0.25, 0.3) is 0 Å². The van der Waals surface area contributed by atoms with Crippen molar-refractivity contribution >= 4 is 33.8 Å². The van der Waals surface area contributed by atoms with Crippen molar-refractivity contribution in [3.63, 3.8) is 0 Å². The number of carbonyl (C=O) groups excluding carboxylic acids is 1. The second-order valence-electron chi connectivity index (χ2n) is 7.19. The van der Waals surface area contributed by atoms with Crippen LogP contribution in [0.3, 0.4) is 0 Å². The maximum atomic E-state index is 11.1. The molecule has 1 aromatic heterocycles. The van der Waals surface area contributed by atoms with E-state index in [1.165, 1.54) is 21.3 Å². The van der Waals surface area contributed by atoms with Crippen molar-refractivity contribution in [1.29, 1.82) is 0 Å². The Hall–Kier alpha value is -2.48. The van der Waals surface area contributed by atoms with Crippen LogP contribution in [0.1, 0.15) is 16.1 Å². The average molecular weight is 497 g/mol. The molecule has 2 rings (SSSR count). The lowest BCUT2D eigenvalue weighted by atomic mass is 10.1. The Morgan fingerprint density at radius 2 is 1.65 bits per heavy atom. The van der Waals surface area contributed by atoms with Crippen LogP contribution in [-0.4, -0.2) is 82.1 Å². The molecule has 0 radical (unpaired) electrons. The summed E-state index contributed by atoms with van der Waals surface area (Å²) in [6.07, 6.45) is 0. The normalized spacial score (nSPS) is 11.4. The summed E-state index contributed by atoms with van der Waals surface area (Å²) in [4.78, 5) is 13.2. The van der Waals surface area contributed by atoms with Crippen LogP contribution in [0, 0.1) is 6.92 Å². The zero-order valence-electron chi connectivity index (χ0n) is 19.5. The van der Waals surface area contributed by atoms with Gasteiger partial charge in [0, 0.05) is 24.2 Å². The smallest absolute Gasteiger partial charge is 0.408 e. The quantitative estimate of drug-likeness (QED) is 0.183. The number of hydrogen-bond acceptors (Lipinski definition) is 11. The minimum Gasteiger partial charge on any atom is -0.541 e. The fourth-order valence-electron chi connectivity index (χ4n) is 2.96. The van der Waals surface area contributed by atoms with Crippen molar-refractivity contribution < 1.29 is 38.9 Å². The Balaban J connectivity index is 2.02. The van der Waals surface area contributed by atoms with Gasteiger partial charge in [0.05, 0.1) is 65.0 Å². The highest BCUT2D eigenvalue weighted by Crippen LogP contribution is 2.27. The second-order valence-corrected chi connectivity index (χ2v) is 8.03. The molecular formula is C22H32N4O7S. The predicted molar refractivity (Wildman–Crippen MR) is 124 cm³/mol. The summed E-state index contributed by atoms with van der Waals surface area (Å²) in [5, 5.41) is 39.1. The minimum absolute atomic E-state index is 0.0108. The number of nitrogens with zero attached hydrogens (tertiary/aromatic N) is 4. The first kappa shape index (κ1) is 27.8. The highest BCUT2D eigenvalue weighted by Gasteiger charge is 2.16. The number of anilines is 1. The Morgan fingerprint density at radius 1 is 1.03 bits per heavy atom. The number of carboxylic acids is 1. The number of aliphatic hydroxyl groups is 2. The highest BCUT2D eigenvalue weighted by atomic mass is 32.1. The third-order valence-electron chi connectivity index (χ3n) is 4.78. The number of rotatable bonds is 17. The van der Waals surface area contributed by atoms with Gasteiger partial charge in [0.15, 0.2) is 5.69 Å². The van der Waals surface area contributed by atoms with E-state index in [1.54, 1.807) is 7.05 Å². The summed E-state index contributed by atoms with van der Waals surface area (Å²) >= 11 is 1.17. The fraction of sp³-hybridized carbons (Fsp3) is 0.545. The standard InChI is InChI=1S/C22H32N4O7S/c1-17-15-18(3-4-19(17)23-24-22-25(2)20(16-34-22)21(29)30)26(5-9-31-11-7-27)6-10-32-13-14-33-12-8-28/h3-4,15-16,27-28H,5-14H2,1-2H3. The molecule has 11 nitrogen and oxygen atoms in total. The zero-order chi connectivity index (χ0) is 24.8. The number of benzene rings is 1. The molecule has 1 aromatic carbocycles. The van der Waals surface area contributed by atoms with E-state index in [2.05, 4.69) is 15.1 Å². The van der Waals surface area contributed by atoms with Crippen molar-refractivity contribution in [3.8, 4) is 0 Å². The van der Waals surface area contributed by atoms with Crippen molar-refractivity contribution in [2.75, 3.05) is 70.8 Å². The number of hydrogen-bond donors (Lipinski definition) is 2. The number of carbonyl (C=O) groups is 1. The SMILES string of the molecule is Cc1cc(N(CCOCCO)CCOCCOCCO)ccc1N=Nc1scc(C(=O)[O-])[n+]1C. The first-order valence-corrected chi connectivity index (χ1v) is 11.8. The molecule has 0 aliphatic heterocycles. The molecule has 2 aromatic rings. The Kier molecular flexibility index (Phi) is 12.6. The van der Waals surface area contributed by atoms with E-state index in [0.29, 0.717) is 56.9 Å². The molecule has 0 bridgehead atoms. The van der Waals surface area contributed by atoms with Crippen LogP contribution in [-0.2, 0) is 21.3 Å². The van der Waals surface area contributed by atoms with Crippen LogP contribution in [0.2, 0.25) is 0 Å². The van der Waals surface area contributed by atoms with Crippen LogP contribution < -0.4 is 14.6 Å². The number of azo groups is 1. The molecule has 0 spiro atoms. The molecule has 1 heterocycles. The van der Waals surface area contributed by atoms with E-state index in [1.807, 2.05) is 25.1 Å². The van der Waals surface area contributed by atoms with Crippen molar-refractivity contribution in [2.24, 2.45) is 17.3 Å². The molecule has 188 valence electrons. The van der Waals surface area contributed by atoms with E-state index < -0.39 is 5.97 Å². The molecule has 0 saturated heterocycles. The van der Waals surface area contributed by atoms with Gasteiger partial charge in [-0.15, -0.1) is 0 Å². The van der Waals surface area contributed by atoms with Crippen LogP contribution in [0.5, 0.6) is 0 Å². The van der Waals surface area contributed by atoms with Gasteiger partial charge >= 0.3 is 5.13 Å². The summed E-state index contributed by atoms with van der Waals surface area (Å²) in [5.74, 6) is -1.26. The first-order chi connectivity index (χ1) is 16.5. The maximum Gasteiger partial charge on any atom is 0.408 e. The third kappa shape index (κ3) is 9.05. The molecule has 2 N–H and O–H groups in total. The minimum atomic E-state index is -1.26. The Bertz CT molecular complexity index is 923. The van der Waals surface area contributed by atoms with E-state index in [0.717, 1.165) is 11.3 Å². The van der Waals surface area contributed by atoms with Crippen molar-refractivity contribution in [2.45, 2.75) is 6.92 Å². The fourth-order valence-corrected chi connectivity index (χ4v) is 3.78. The molecule has 0 fully saturated rings. The monoisotopic (exact) mass is 496 g/mol.